The Morgan fingerprint density at radius 3 is 2.05 bits per heavy atom. The lowest BCUT2D eigenvalue weighted by atomic mass is 9.47. The molecule has 0 spiro atoms. The Morgan fingerprint density at radius 2 is 1.41 bits per heavy atom. The van der Waals surface area contributed by atoms with Crippen molar-refractivity contribution in [3.05, 3.63) is 35.9 Å². The second-order valence-electron chi connectivity index (χ2n) is 8.03. The predicted molar refractivity (Wildman–Crippen MR) is 87.1 cm³/mol. The topological polar surface area (TPSA) is 40.5 Å². The standard InChI is InChI=1S/C20H22O2/c21-17-5-4-16(19-15(17)2-1-3-18(19)22)20-9-12-6-13(10-20)8-14(7-12)11-20/h1-5,12-14,21-22H,6-11H2. The van der Waals surface area contributed by atoms with Crippen molar-refractivity contribution in [1.82, 2.24) is 0 Å². The van der Waals surface area contributed by atoms with E-state index in [0.29, 0.717) is 5.75 Å². The van der Waals surface area contributed by atoms with Gasteiger partial charge in [0.05, 0.1) is 0 Å². The molecule has 2 aromatic rings. The van der Waals surface area contributed by atoms with Gasteiger partial charge in [-0.15, -0.1) is 0 Å². The lowest BCUT2D eigenvalue weighted by molar-refractivity contribution is -0.00455. The van der Waals surface area contributed by atoms with Crippen molar-refractivity contribution in [3.63, 3.8) is 0 Å². The van der Waals surface area contributed by atoms with Crippen molar-refractivity contribution in [2.24, 2.45) is 17.8 Å². The molecule has 2 nitrogen and oxygen atoms in total. The van der Waals surface area contributed by atoms with Crippen molar-refractivity contribution in [1.29, 1.82) is 0 Å². The van der Waals surface area contributed by atoms with E-state index >= 15 is 0 Å². The monoisotopic (exact) mass is 294 g/mol. The molecule has 0 radical (unpaired) electrons. The fraction of sp³-hybridized carbons (Fsp3) is 0.500. The first-order valence-electron chi connectivity index (χ1n) is 8.59. The maximum Gasteiger partial charge on any atom is 0.123 e. The molecule has 114 valence electrons. The van der Waals surface area contributed by atoms with Crippen LogP contribution in [-0.2, 0) is 5.41 Å². The number of fused-ring (bicyclic) bond motifs is 1. The van der Waals surface area contributed by atoms with Crippen LogP contribution in [0.2, 0.25) is 0 Å². The first-order chi connectivity index (χ1) is 10.6. The summed E-state index contributed by atoms with van der Waals surface area (Å²) >= 11 is 0. The van der Waals surface area contributed by atoms with E-state index in [1.165, 1.54) is 44.1 Å². The summed E-state index contributed by atoms with van der Waals surface area (Å²) in [4.78, 5) is 0. The molecule has 4 aliphatic carbocycles. The normalized spacial score (nSPS) is 36.1. The van der Waals surface area contributed by atoms with E-state index in [-0.39, 0.29) is 11.2 Å². The molecule has 0 aliphatic heterocycles. The molecular formula is C20H22O2. The fourth-order valence-corrected chi connectivity index (χ4v) is 6.25. The zero-order valence-electron chi connectivity index (χ0n) is 12.8. The van der Waals surface area contributed by atoms with Crippen LogP contribution >= 0.6 is 0 Å². The lowest BCUT2D eigenvalue weighted by Gasteiger charge is -2.57. The van der Waals surface area contributed by atoms with Gasteiger partial charge in [-0.25, -0.2) is 0 Å². The lowest BCUT2D eigenvalue weighted by Crippen LogP contribution is -2.48. The van der Waals surface area contributed by atoms with Gasteiger partial charge in [0.1, 0.15) is 11.5 Å². The van der Waals surface area contributed by atoms with E-state index in [0.717, 1.165) is 28.5 Å². The summed E-state index contributed by atoms with van der Waals surface area (Å²) in [5, 5.41) is 22.4. The van der Waals surface area contributed by atoms with E-state index in [2.05, 4.69) is 6.07 Å². The molecule has 4 bridgehead atoms. The molecule has 0 amide bonds. The van der Waals surface area contributed by atoms with Crippen LogP contribution in [0, 0.1) is 17.8 Å². The molecule has 2 aromatic carbocycles. The number of phenols is 2. The fourth-order valence-electron chi connectivity index (χ4n) is 6.25. The van der Waals surface area contributed by atoms with Crippen molar-refractivity contribution in [3.8, 4) is 11.5 Å². The molecule has 0 atom stereocenters. The molecule has 4 saturated carbocycles. The molecule has 0 unspecified atom stereocenters. The Balaban J connectivity index is 1.76. The highest BCUT2D eigenvalue weighted by molar-refractivity contribution is 5.96. The Labute approximate surface area is 130 Å². The van der Waals surface area contributed by atoms with Crippen LogP contribution in [0.25, 0.3) is 10.8 Å². The van der Waals surface area contributed by atoms with Gasteiger partial charge in [0, 0.05) is 10.8 Å². The molecule has 2 N–H and O–H groups in total. The van der Waals surface area contributed by atoms with Gasteiger partial charge in [0.15, 0.2) is 0 Å². The third kappa shape index (κ3) is 1.61. The average molecular weight is 294 g/mol. The third-order valence-electron chi connectivity index (χ3n) is 6.61. The van der Waals surface area contributed by atoms with E-state index in [9.17, 15) is 10.2 Å². The summed E-state index contributed by atoms with van der Waals surface area (Å²) in [6.45, 7) is 0. The van der Waals surface area contributed by atoms with Crippen molar-refractivity contribution in [2.75, 3.05) is 0 Å². The summed E-state index contributed by atoms with van der Waals surface area (Å²) < 4.78 is 0. The second kappa shape index (κ2) is 4.18. The van der Waals surface area contributed by atoms with Gasteiger partial charge < -0.3 is 10.2 Å². The Morgan fingerprint density at radius 1 is 0.773 bits per heavy atom. The van der Waals surface area contributed by atoms with Gasteiger partial charge in [0.2, 0.25) is 0 Å². The molecule has 0 heterocycles. The second-order valence-corrected chi connectivity index (χ2v) is 8.03. The molecule has 2 heteroatoms. The van der Waals surface area contributed by atoms with Crippen molar-refractivity contribution < 1.29 is 10.2 Å². The molecule has 0 saturated heterocycles. The van der Waals surface area contributed by atoms with Gasteiger partial charge in [-0.05, 0) is 79.4 Å². The maximum atomic E-state index is 10.5. The molecular weight excluding hydrogens is 272 g/mol. The van der Waals surface area contributed by atoms with E-state index < -0.39 is 0 Å². The highest BCUT2D eigenvalue weighted by Crippen LogP contribution is 2.62. The molecule has 6 rings (SSSR count). The predicted octanol–water partition coefficient (Wildman–Crippen LogP) is 4.72. The number of hydrogen-bond acceptors (Lipinski definition) is 2. The minimum Gasteiger partial charge on any atom is -0.507 e. The number of benzene rings is 2. The largest absolute Gasteiger partial charge is 0.507 e. The quantitative estimate of drug-likeness (QED) is 0.799. The van der Waals surface area contributed by atoms with Gasteiger partial charge in [-0.2, -0.15) is 0 Å². The van der Waals surface area contributed by atoms with Crippen LogP contribution < -0.4 is 0 Å². The van der Waals surface area contributed by atoms with Gasteiger partial charge in [-0.1, -0.05) is 18.2 Å². The minimum atomic E-state index is 0.236. The van der Waals surface area contributed by atoms with Gasteiger partial charge in [-0.3, -0.25) is 0 Å². The summed E-state index contributed by atoms with van der Waals surface area (Å²) in [5.74, 6) is 3.22. The first-order valence-corrected chi connectivity index (χ1v) is 8.59. The summed E-state index contributed by atoms with van der Waals surface area (Å²) in [6, 6.07) is 9.42. The Kier molecular flexibility index (Phi) is 2.44. The van der Waals surface area contributed by atoms with Crippen LogP contribution in [0.3, 0.4) is 0 Å². The highest BCUT2D eigenvalue weighted by Gasteiger charge is 2.52. The van der Waals surface area contributed by atoms with Crippen molar-refractivity contribution in [2.45, 2.75) is 43.9 Å². The van der Waals surface area contributed by atoms with Crippen LogP contribution in [0.4, 0.5) is 0 Å². The molecule has 22 heavy (non-hydrogen) atoms. The summed E-state index contributed by atoms with van der Waals surface area (Å²) in [5.41, 5.74) is 1.52. The summed E-state index contributed by atoms with van der Waals surface area (Å²) in [6.07, 6.45) is 8.07. The van der Waals surface area contributed by atoms with Crippen LogP contribution in [0.15, 0.2) is 30.3 Å². The van der Waals surface area contributed by atoms with E-state index in [1.807, 2.05) is 18.2 Å². The van der Waals surface area contributed by atoms with E-state index in [1.54, 1.807) is 6.07 Å². The Hall–Kier alpha value is -1.70. The number of phenolic OH excluding ortho intramolecular Hbond substituents is 2. The molecule has 4 fully saturated rings. The van der Waals surface area contributed by atoms with Gasteiger partial charge >= 0.3 is 0 Å². The van der Waals surface area contributed by atoms with E-state index in [4.69, 9.17) is 0 Å². The van der Waals surface area contributed by atoms with Crippen LogP contribution in [0.5, 0.6) is 11.5 Å². The zero-order chi connectivity index (χ0) is 14.9. The van der Waals surface area contributed by atoms with Crippen LogP contribution in [-0.4, -0.2) is 10.2 Å². The number of hydrogen-bond donors (Lipinski definition) is 2. The Bertz CT molecular complexity index is 726. The number of aromatic hydroxyl groups is 2. The van der Waals surface area contributed by atoms with Gasteiger partial charge in [0.25, 0.3) is 0 Å². The third-order valence-corrected chi connectivity index (χ3v) is 6.61. The first kappa shape index (κ1) is 12.8. The SMILES string of the molecule is Oc1ccc(C23CC4CC(CC(C4)C2)C3)c2c(O)cccc12. The molecule has 0 aromatic heterocycles. The minimum absolute atomic E-state index is 0.236. The van der Waals surface area contributed by atoms with Crippen LogP contribution in [0.1, 0.15) is 44.1 Å². The maximum absolute atomic E-state index is 10.5. The highest BCUT2D eigenvalue weighted by atomic mass is 16.3. The zero-order valence-corrected chi connectivity index (χ0v) is 12.8. The molecule has 4 aliphatic rings. The number of rotatable bonds is 1. The smallest absolute Gasteiger partial charge is 0.123 e. The summed E-state index contributed by atoms with van der Waals surface area (Å²) in [7, 11) is 0. The van der Waals surface area contributed by atoms with Crippen molar-refractivity contribution >= 4 is 10.8 Å². The average Bonchev–Trinajstić information content (AvgIpc) is 2.47.